The van der Waals surface area contributed by atoms with Crippen LogP contribution in [0.3, 0.4) is 0 Å². The Balaban J connectivity index is 0.00000690. The van der Waals surface area contributed by atoms with Crippen molar-refractivity contribution >= 4 is 10.9 Å². The summed E-state index contributed by atoms with van der Waals surface area (Å²) >= 11 is 0. The number of fused-ring (bicyclic) bond motifs is 3. The second-order valence-electron chi connectivity index (χ2n) is 26.5. The molecule has 10 aromatic carbocycles. The van der Waals surface area contributed by atoms with Gasteiger partial charge in [-0.05, 0) is 205 Å². The first-order chi connectivity index (χ1) is 38.1. The maximum atomic E-state index is 5.35. The fourth-order valence-electron chi connectivity index (χ4n) is 11.6. The van der Waals surface area contributed by atoms with Gasteiger partial charge >= 0.3 is 0 Å². The van der Waals surface area contributed by atoms with Crippen molar-refractivity contribution < 1.29 is 20.1 Å². The average Bonchev–Trinajstić information content (AvgIpc) is 3.78. The normalized spacial score (nSPS) is 12.3. The third kappa shape index (κ3) is 11.1. The summed E-state index contributed by atoms with van der Waals surface area (Å²) in [7, 11) is 0. The minimum atomic E-state index is 0. The minimum Gasteiger partial charge on any atom is -0.296 e. The SMILES string of the molecule is CC(C)(C)c1ccc(-c2cc(-c3ccc(C(C)(C)C)cc3)cc(-c3cc(-c4cc[c-]c(-c5cc6c7c(cccc7n5)-c5ccccc5-6)c4)cc(-c4cc(-c5ccc(C(C)(C)C)cc5)cc(-c5ccc(C(C)(C)C)cc5)c4)c3)c2)cc1.[Ir]. The van der Waals surface area contributed by atoms with E-state index in [2.05, 4.69) is 308 Å². The fourth-order valence-corrected chi connectivity index (χ4v) is 11.6. The number of pyridine rings is 1. The molecule has 0 aliphatic heterocycles. The van der Waals surface area contributed by atoms with E-state index in [4.69, 9.17) is 4.98 Å². The molecule has 1 radical (unpaired) electrons. The summed E-state index contributed by atoms with van der Waals surface area (Å²) < 4.78 is 0. The van der Waals surface area contributed by atoms with Crippen LogP contribution < -0.4 is 0 Å². The van der Waals surface area contributed by atoms with Gasteiger partial charge in [0.25, 0.3) is 0 Å². The smallest absolute Gasteiger partial charge is 0.0607 e. The van der Waals surface area contributed by atoms with Crippen LogP contribution in [0, 0.1) is 6.07 Å². The standard InChI is InChI=1S/C79H72N.Ir/c1-76(2,3)65-31-23-50(24-32-65)56-40-57(51-25-33-66(34-26-51)77(4,5)6)43-61(42-56)63-46-60(54-17-15-18-55(39-54)74-49-72-70-20-14-13-19-69(70)71-21-16-22-73(80-74)75(71)72)47-64(48-63)62-44-58(52-27-35-67(36-28-52)78(7,8)9)41-59(45-62)53-29-37-68(38-30-53)79(10,11)12;/h13-17,19-49H,1-12H3;/q-1;. The average molecular weight is 1230 g/mol. The van der Waals surface area contributed by atoms with Crippen LogP contribution >= 0.6 is 0 Å². The van der Waals surface area contributed by atoms with E-state index >= 15 is 0 Å². The van der Waals surface area contributed by atoms with Crippen LogP contribution in [-0.4, -0.2) is 4.98 Å². The molecule has 0 unspecified atom stereocenters. The van der Waals surface area contributed by atoms with E-state index in [1.807, 2.05) is 0 Å². The van der Waals surface area contributed by atoms with Gasteiger partial charge in [-0.25, -0.2) is 0 Å². The molecule has 1 aliphatic carbocycles. The molecular weight excluding hydrogens is 1160 g/mol. The number of hydrogen-bond donors (Lipinski definition) is 0. The number of rotatable bonds is 8. The Morgan fingerprint density at radius 3 is 0.926 bits per heavy atom. The maximum Gasteiger partial charge on any atom is 0.0607 e. The molecule has 0 N–H and O–H groups in total. The van der Waals surface area contributed by atoms with Gasteiger partial charge in [-0.1, -0.05) is 223 Å². The van der Waals surface area contributed by atoms with Crippen LogP contribution in [0.1, 0.15) is 105 Å². The molecule has 81 heavy (non-hydrogen) atoms. The molecule has 1 heterocycles. The van der Waals surface area contributed by atoms with Crippen molar-refractivity contribution in [3.63, 3.8) is 0 Å². The zero-order valence-corrected chi connectivity index (χ0v) is 51.5. The molecule has 0 saturated heterocycles. The quantitative estimate of drug-likeness (QED) is 0.138. The largest absolute Gasteiger partial charge is 0.296 e. The summed E-state index contributed by atoms with van der Waals surface area (Å²) in [4.78, 5) is 5.35. The molecule has 11 aromatic rings. The number of benzene rings is 10. The third-order valence-electron chi connectivity index (χ3n) is 16.6. The van der Waals surface area contributed by atoms with Crippen LogP contribution in [0.2, 0.25) is 0 Å². The Morgan fingerprint density at radius 2 is 0.580 bits per heavy atom. The van der Waals surface area contributed by atoms with E-state index < -0.39 is 0 Å². The topological polar surface area (TPSA) is 12.9 Å². The second-order valence-corrected chi connectivity index (χ2v) is 26.5. The second kappa shape index (κ2) is 21.0. The van der Waals surface area contributed by atoms with E-state index in [1.165, 1.54) is 94.4 Å². The summed E-state index contributed by atoms with van der Waals surface area (Å²) in [5.41, 5.74) is 29.7. The molecule has 2 heteroatoms. The Hall–Kier alpha value is -7.74. The van der Waals surface area contributed by atoms with Gasteiger partial charge in [0, 0.05) is 25.5 Å². The van der Waals surface area contributed by atoms with E-state index in [9.17, 15) is 0 Å². The van der Waals surface area contributed by atoms with Gasteiger partial charge in [0.05, 0.1) is 5.52 Å². The zero-order chi connectivity index (χ0) is 55.9. The van der Waals surface area contributed by atoms with Gasteiger partial charge in [-0.3, -0.25) is 4.98 Å². The van der Waals surface area contributed by atoms with Crippen molar-refractivity contribution in [2.75, 3.05) is 0 Å². The first-order valence-corrected chi connectivity index (χ1v) is 28.6. The van der Waals surface area contributed by atoms with Crippen molar-refractivity contribution in [1.82, 2.24) is 4.98 Å². The van der Waals surface area contributed by atoms with Gasteiger partial charge in [-0.2, -0.15) is 0 Å². The molecule has 403 valence electrons. The number of nitrogens with zero attached hydrogens (tertiary/aromatic N) is 1. The molecular formula is C79H72IrN-. The first kappa shape index (κ1) is 55.2. The van der Waals surface area contributed by atoms with Crippen molar-refractivity contribution in [3.05, 3.63) is 247 Å². The third-order valence-corrected chi connectivity index (χ3v) is 16.6. The predicted octanol–water partition coefficient (Wildman–Crippen LogP) is 22.2. The van der Waals surface area contributed by atoms with Gasteiger partial charge in [0.1, 0.15) is 0 Å². The monoisotopic (exact) mass is 1230 g/mol. The van der Waals surface area contributed by atoms with Crippen molar-refractivity contribution in [1.29, 1.82) is 0 Å². The van der Waals surface area contributed by atoms with Gasteiger partial charge in [-0.15, -0.1) is 35.4 Å². The number of hydrogen-bond acceptors (Lipinski definition) is 1. The minimum absolute atomic E-state index is 0. The molecule has 0 spiro atoms. The van der Waals surface area contributed by atoms with Crippen molar-refractivity contribution in [2.45, 2.75) is 105 Å². The summed E-state index contributed by atoms with van der Waals surface area (Å²) in [6, 6.07) is 86.2. The molecule has 1 nitrogen and oxygen atoms in total. The predicted molar refractivity (Wildman–Crippen MR) is 343 cm³/mol. The van der Waals surface area contributed by atoms with Gasteiger partial charge in [0.2, 0.25) is 0 Å². The van der Waals surface area contributed by atoms with E-state index in [1.54, 1.807) is 0 Å². The summed E-state index contributed by atoms with van der Waals surface area (Å²) in [5.74, 6) is 0. The molecule has 0 saturated carbocycles. The number of aromatic nitrogens is 1. The van der Waals surface area contributed by atoms with E-state index in [-0.39, 0.29) is 41.8 Å². The van der Waals surface area contributed by atoms with Gasteiger partial charge in [0.15, 0.2) is 0 Å². The van der Waals surface area contributed by atoms with E-state index in [0.29, 0.717) is 0 Å². The molecule has 0 bridgehead atoms. The zero-order valence-electron chi connectivity index (χ0n) is 49.1. The first-order valence-electron chi connectivity index (χ1n) is 28.6. The molecule has 0 atom stereocenters. The Kier molecular flexibility index (Phi) is 14.3. The van der Waals surface area contributed by atoms with Crippen LogP contribution in [-0.2, 0) is 41.8 Å². The van der Waals surface area contributed by atoms with Crippen LogP contribution in [0.4, 0.5) is 0 Å². The Bertz CT molecular complexity index is 3820. The molecule has 12 rings (SSSR count). The Labute approximate surface area is 495 Å². The van der Waals surface area contributed by atoms with E-state index in [0.717, 1.165) is 50.2 Å². The Morgan fingerprint density at radius 1 is 0.272 bits per heavy atom. The fraction of sp³-hybridized carbons (Fsp3) is 0.203. The maximum absolute atomic E-state index is 5.35. The van der Waals surface area contributed by atoms with Crippen molar-refractivity contribution in [3.8, 4) is 111 Å². The summed E-state index contributed by atoms with van der Waals surface area (Å²) in [5, 5.41) is 1.22. The molecule has 0 amide bonds. The molecule has 1 aromatic heterocycles. The van der Waals surface area contributed by atoms with Crippen molar-refractivity contribution in [2.24, 2.45) is 0 Å². The molecule has 1 aliphatic rings. The summed E-state index contributed by atoms with van der Waals surface area (Å²) in [6.45, 7) is 27.4. The van der Waals surface area contributed by atoms with Gasteiger partial charge < -0.3 is 0 Å². The van der Waals surface area contributed by atoms with Crippen LogP contribution in [0.15, 0.2) is 218 Å². The molecule has 0 fully saturated rings. The van der Waals surface area contributed by atoms with Crippen LogP contribution in [0.25, 0.3) is 122 Å². The summed E-state index contributed by atoms with van der Waals surface area (Å²) in [6.07, 6.45) is 0. The van der Waals surface area contributed by atoms with Crippen LogP contribution in [0.5, 0.6) is 0 Å².